The van der Waals surface area contributed by atoms with Crippen molar-refractivity contribution in [3.05, 3.63) is 0 Å². The quantitative estimate of drug-likeness (QED) is 0.819. The highest BCUT2D eigenvalue weighted by atomic mass is 16.4. The highest BCUT2D eigenvalue weighted by Crippen LogP contribution is 2.37. The van der Waals surface area contributed by atoms with E-state index < -0.39 is 16.9 Å². The first-order valence-corrected chi connectivity index (χ1v) is 7.82. The number of carboxylic acid groups (broad SMARTS) is 1. The minimum absolute atomic E-state index is 0.155. The van der Waals surface area contributed by atoms with Crippen LogP contribution < -0.4 is 5.32 Å². The molecule has 0 radical (unpaired) electrons. The second-order valence-corrected chi connectivity index (χ2v) is 7.36. The molecule has 0 aromatic carbocycles. The minimum atomic E-state index is -1.03. The molecule has 21 heavy (non-hydrogen) atoms. The molecule has 1 rings (SSSR count). The van der Waals surface area contributed by atoms with Crippen molar-refractivity contribution in [3.8, 4) is 0 Å². The van der Waals surface area contributed by atoms with Crippen LogP contribution in [0.1, 0.15) is 60.8 Å². The van der Waals surface area contributed by atoms with Gasteiger partial charge in [0.2, 0.25) is 0 Å². The van der Waals surface area contributed by atoms with Gasteiger partial charge in [-0.05, 0) is 52.4 Å². The van der Waals surface area contributed by atoms with Gasteiger partial charge in [0.15, 0.2) is 0 Å². The van der Waals surface area contributed by atoms with E-state index in [0.29, 0.717) is 0 Å². The van der Waals surface area contributed by atoms with E-state index in [0.717, 1.165) is 32.4 Å². The highest BCUT2D eigenvalue weighted by molar-refractivity contribution is 5.80. The Bertz CT molecular complexity index is 412. The second-order valence-electron chi connectivity index (χ2n) is 7.36. The number of likely N-dealkylation sites (tertiary alicyclic amines) is 1. The van der Waals surface area contributed by atoms with E-state index in [-0.39, 0.29) is 11.4 Å². The lowest BCUT2D eigenvalue weighted by Gasteiger charge is -2.40. The van der Waals surface area contributed by atoms with E-state index in [1.807, 2.05) is 4.90 Å². The van der Waals surface area contributed by atoms with Gasteiger partial charge >= 0.3 is 12.0 Å². The molecular weight excluding hydrogens is 268 g/mol. The summed E-state index contributed by atoms with van der Waals surface area (Å²) in [5, 5.41) is 12.3. The number of carbonyl (C=O) groups excluding carboxylic acids is 1. The summed E-state index contributed by atoms with van der Waals surface area (Å²) in [6.45, 7) is 12.7. The largest absolute Gasteiger partial charge is 0.481 e. The van der Waals surface area contributed by atoms with Gasteiger partial charge in [0.1, 0.15) is 0 Å². The fourth-order valence-electron chi connectivity index (χ4n) is 2.71. The SMILES string of the molecule is CCC1(CC)CCN(C(=O)NC(C)(C)C(C)(C)C(=O)O)C1. The van der Waals surface area contributed by atoms with Crippen LogP contribution in [-0.4, -0.2) is 40.6 Å². The van der Waals surface area contributed by atoms with Crippen molar-refractivity contribution in [2.45, 2.75) is 66.3 Å². The zero-order valence-corrected chi connectivity index (χ0v) is 14.2. The van der Waals surface area contributed by atoms with Crippen LogP contribution in [0.2, 0.25) is 0 Å². The second kappa shape index (κ2) is 5.85. The fourth-order valence-corrected chi connectivity index (χ4v) is 2.71. The molecule has 0 unspecified atom stereocenters. The van der Waals surface area contributed by atoms with Crippen molar-refractivity contribution < 1.29 is 14.7 Å². The molecule has 0 saturated carbocycles. The van der Waals surface area contributed by atoms with Crippen molar-refractivity contribution in [3.63, 3.8) is 0 Å². The Morgan fingerprint density at radius 3 is 2.10 bits per heavy atom. The molecule has 1 fully saturated rings. The monoisotopic (exact) mass is 298 g/mol. The fraction of sp³-hybridized carbons (Fsp3) is 0.875. The standard InChI is InChI=1S/C16H30N2O3/c1-7-16(8-2)9-10-18(11-16)13(21)17-15(5,6)14(3,4)12(19)20/h7-11H2,1-6H3,(H,17,21)(H,19,20). The Morgan fingerprint density at radius 1 is 1.19 bits per heavy atom. The van der Waals surface area contributed by atoms with Crippen molar-refractivity contribution in [1.29, 1.82) is 0 Å². The molecule has 2 amide bonds. The molecule has 0 aliphatic carbocycles. The van der Waals surface area contributed by atoms with Crippen LogP contribution in [-0.2, 0) is 4.79 Å². The lowest BCUT2D eigenvalue weighted by molar-refractivity contribution is -0.150. The summed E-state index contributed by atoms with van der Waals surface area (Å²) >= 11 is 0. The average molecular weight is 298 g/mol. The summed E-state index contributed by atoms with van der Waals surface area (Å²) in [5.74, 6) is -0.911. The van der Waals surface area contributed by atoms with Crippen LogP contribution in [0.25, 0.3) is 0 Å². The zero-order valence-electron chi connectivity index (χ0n) is 14.2. The molecule has 2 N–H and O–H groups in total. The van der Waals surface area contributed by atoms with Crippen LogP contribution in [0.5, 0.6) is 0 Å². The van der Waals surface area contributed by atoms with E-state index in [2.05, 4.69) is 19.2 Å². The van der Waals surface area contributed by atoms with Gasteiger partial charge < -0.3 is 15.3 Å². The molecule has 0 spiro atoms. The molecule has 0 aromatic heterocycles. The Kier molecular flexibility index (Phi) is 4.96. The van der Waals surface area contributed by atoms with Gasteiger partial charge in [-0.25, -0.2) is 4.79 Å². The van der Waals surface area contributed by atoms with E-state index >= 15 is 0 Å². The van der Waals surface area contributed by atoms with Crippen LogP contribution >= 0.6 is 0 Å². The Balaban J connectivity index is 2.77. The number of carbonyl (C=O) groups is 2. The van der Waals surface area contributed by atoms with Crippen LogP contribution in [0.15, 0.2) is 0 Å². The first-order valence-electron chi connectivity index (χ1n) is 7.82. The maximum absolute atomic E-state index is 12.5. The predicted octanol–water partition coefficient (Wildman–Crippen LogP) is 3.10. The van der Waals surface area contributed by atoms with Gasteiger partial charge in [-0.15, -0.1) is 0 Å². The minimum Gasteiger partial charge on any atom is -0.481 e. The number of hydrogen-bond acceptors (Lipinski definition) is 2. The summed E-state index contributed by atoms with van der Waals surface area (Å²) in [4.78, 5) is 25.7. The van der Waals surface area contributed by atoms with Crippen LogP contribution in [0.3, 0.4) is 0 Å². The van der Waals surface area contributed by atoms with Gasteiger partial charge in [-0.2, -0.15) is 0 Å². The Labute approximate surface area is 128 Å². The molecule has 1 heterocycles. The summed E-state index contributed by atoms with van der Waals surface area (Å²) < 4.78 is 0. The van der Waals surface area contributed by atoms with Gasteiger partial charge in [0.05, 0.1) is 11.0 Å². The van der Waals surface area contributed by atoms with Crippen molar-refractivity contribution >= 4 is 12.0 Å². The molecule has 0 atom stereocenters. The van der Waals surface area contributed by atoms with Crippen molar-refractivity contribution in [2.75, 3.05) is 13.1 Å². The normalized spacial score (nSPS) is 18.7. The number of nitrogens with one attached hydrogen (secondary N) is 1. The number of hydrogen-bond donors (Lipinski definition) is 2. The Hall–Kier alpha value is -1.26. The lowest BCUT2D eigenvalue weighted by atomic mass is 9.74. The van der Waals surface area contributed by atoms with E-state index in [1.165, 1.54) is 0 Å². The number of urea groups is 1. The van der Waals surface area contributed by atoms with E-state index in [4.69, 9.17) is 0 Å². The molecule has 0 bridgehead atoms. The topological polar surface area (TPSA) is 69.6 Å². The molecule has 122 valence electrons. The van der Waals surface area contributed by atoms with Gasteiger partial charge in [0, 0.05) is 13.1 Å². The molecule has 1 aliphatic rings. The lowest BCUT2D eigenvalue weighted by Crippen LogP contribution is -2.59. The number of nitrogens with zero attached hydrogens (tertiary/aromatic N) is 1. The zero-order chi connectivity index (χ0) is 16.5. The predicted molar refractivity (Wildman–Crippen MR) is 83.2 cm³/mol. The third-order valence-electron chi connectivity index (χ3n) is 5.74. The molecule has 5 nitrogen and oxygen atoms in total. The summed E-state index contributed by atoms with van der Waals surface area (Å²) in [6.07, 6.45) is 3.16. The molecule has 5 heteroatoms. The van der Waals surface area contributed by atoms with Crippen molar-refractivity contribution in [2.24, 2.45) is 10.8 Å². The summed E-state index contributed by atoms with van der Waals surface area (Å²) in [5.41, 5.74) is -1.63. The number of amides is 2. The van der Waals surface area contributed by atoms with Crippen molar-refractivity contribution in [1.82, 2.24) is 10.2 Å². The number of aliphatic carboxylic acids is 1. The Morgan fingerprint density at radius 2 is 1.71 bits per heavy atom. The van der Waals surface area contributed by atoms with E-state index in [9.17, 15) is 14.7 Å². The smallest absolute Gasteiger partial charge is 0.317 e. The van der Waals surface area contributed by atoms with Crippen LogP contribution in [0.4, 0.5) is 4.79 Å². The summed E-state index contributed by atoms with van der Waals surface area (Å²) in [6, 6.07) is -0.155. The third-order valence-corrected chi connectivity index (χ3v) is 5.74. The first kappa shape index (κ1) is 17.8. The van der Waals surface area contributed by atoms with Gasteiger partial charge in [-0.3, -0.25) is 4.79 Å². The third kappa shape index (κ3) is 3.33. The van der Waals surface area contributed by atoms with Crippen LogP contribution in [0, 0.1) is 10.8 Å². The first-order chi connectivity index (χ1) is 9.51. The molecule has 0 aromatic rings. The summed E-state index contributed by atoms with van der Waals surface area (Å²) in [7, 11) is 0. The van der Waals surface area contributed by atoms with Gasteiger partial charge in [-0.1, -0.05) is 13.8 Å². The average Bonchev–Trinajstić information content (AvgIpc) is 2.83. The molecular formula is C16H30N2O3. The highest BCUT2D eigenvalue weighted by Gasteiger charge is 2.46. The molecule has 1 saturated heterocycles. The van der Waals surface area contributed by atoms with E-state index in [1.54, 1.807) is 27.7 Å². The maximum atomic E-state index is 12.5. The number of carboxylic acids is 1. The maximum Gasteiger partial charge on any atom is 0.317 e. The molecule has 1 aliphatic heterocycles. The van der Waals surface area contributed by atoms with Gasteiger partial charge in [0.25, 0.3) is 0 Å². The number of rotatable bonds is 5.